The molecule has 88 valence electrons. The monoisotopic (exact) mass is 212 g/mol. The zero-order valence-corrected chi connectivity index (χ0v) is 9.62. The summed E-state index contributed by atoms with van der Waals surface area (Å²) in [6.07, 6.45) is 7.56. The number of nitrogens with zero attached hydrogens (tertiary/aromatic N) is 1. The molecule has 0 bridgehead atoms. The molecule has 3 nitrogen and oxygen atoms in total. The molecule has 0 aromatic heterocycles. The topological polar surface area (TPSA) is 35.5 Å². The molecule has 15 heavy (non-hydrogen) atoms. The smallest absolute Gasteiger partial charge is 0.0431 e. The predicted octanol–water partition coefficient (Wildman–Crippen LogP) is 0.975. The van der Waals surface area contributed by atoms with Gasteiger partial charge in [-0.2, -0.15) is 0 Å². The maximum absolute atomic E-state index is 8.79. The van der Waals surface area contributed by atoms with Crippen LogP contribution in [0.25, 0.3) is 0 Å². The molecule has 0 radical (unpaired) electrons. The van der Waals surface area contributed by atoms with Crippen LogP contribution < -0.4 is 5.32 Å². The van der Waals surface area contributed by atoms with Gasteiger partial charge in [0.05, 0.1) is 0 Å². The fourth-order valence-corrected chi connectivity index (χ4v) is 3.05. The van der Waals surface area contributed by atoms with Crippen LogP contribution in [0.15, 0.2) is 0 Å². The van der Waals surface area contributed by atoms with E-state index in [9.17, 15) is 0 Å². The number of hydrogen-bond donors (Lipinski definition) is 2. The standard InChI is InChI=1S/C12H24N2O/c15-10-2-1-8-14-9-4-6-12(14)11-5-3-7-13-11/h11-13,15H,1-10H2. The lowest BCUT2D eigenvalue weighted by atomic mass is 10.0. The summed E-state index contributed by atoms with van der Waals surface area (Å²) in [5.74, 6) is 0. The average Bonchev–Trinajstić information content (AvgIpc) is 2.87. The normalized spacial score (nSPS) is 32.6. The molecule has 2 atom stereocenters. The molecule has 0 aromatic rings. The minimum atomic E-state index is 0.347. The average molecular weight is 212 g/mol. The van der Waals surface area contributed by atoms with Crippen molar-refractivity contribution >= 4 is 0 Å². The number of nitrogens with one attached hydrogen (secondary N) is 1. The van der Waals surface area contributed by atoms with Crippen LogP contribution in [0.5, 0.6) is 0 Å². The molecule has 0 aromatic carbocycles. The van der Waals surface area contributed by atoms with E-state index in [1.54, 1.807) is 0 Å². The van der Waals surface area contributed by atoms with Crippen LogP contribution in [0.3, 0.4) is 0 Å². The van der Waals surface area contributed by atoms with Crippen LogP contribution in [0, 0.1) is 0 Å². The Bertz CT molecular complexity index is 180. The summed E-state index contributed by atoms with van der Waals surface area (Å²) in [5.41, 5.74) is 0. The Kier molecular flexibility index (Phi) is 4.42. The van der Waals surface area contributed by atoms with Gasteiger partial charge in [0.25, 0.3) is 0 Å². The molecule has 2 saturated heterocycles. The van der Waals surface area contributed by atoms with E-state index < -0.39 is 0 Å². The Morgan fingerprint density at radius 1 is 1.20 bits per heavy atom. The quantitative estimate of drug-likeness (QED) is 0.667. The zero-order chi connectivity index (χ0) is 10.5. The highest BCUT2D eigenvalue weighted by Crippen LogP contribution is 2.24. The van der Waals surface area contributed by atoms with Crippen molar-refractivity contribution in [3.05, 3.63) is 0 Å². The third-order valence-electron chi connectivity index (χ3n) is 3.83. The molecular formula is C12H24N2O. The van der Waals surface area contributed by atoms with Crippen molar-refractivity contribution in [3.63, 3.8) is 0 Å². The minimum Gasteiger partial charge on any atom is -0.396 e. The van der Waals surface area contributed by atoms with Gasteiger partial charge in [-0.1, -0.05) is 0 Å². The van der Waals surface area contributed by atoms with Crippen molar-refractivity contribution < 1.29 is 5.11 Å². The summed E-state index contributed by atoms with van der Waals surface area (Å²) in [7, 11) is 0. The first-order valence-corrected chi connectivity index (χ1v) is 6.50. The van der Waals surface area contributed by atoms with Crippen LogP contribution in [0.4, 0.5) is 0 Å². The summed E-state index contributed by atoms with van der Waals surface area (Å²) < 4.78 is 0. The van der Waals surface area contributed by atoms with Gasteiger partial charge in [0, 0.05) is 18.7 Å². The molecule has 2 rings (SSSR count). The minimum absolute atomic E-state index is 0.347. The van der Waals surface area contributed by atoms with Gasteiger partial charge in [-0.05, 0) is 58.2 Å². The van der Waals surface area contributed by atoms with E-state index in [2.05, 4.69) is 10.2 Å². The van der Waals surface area contributed by atoms with Gasteiger partial charge in [-0.3, -0.25) is 4.90 Å². The first kappa shape index (κ1) is 11.4. The van der Waals surface area contributed by atoms with Gasteiger partial charge < -0.3 is 10.4 Å². The van der Waals surface area contributed by atoms with Crippen LogP contribution in [0.2, 0.25) is 0 Å². The largest absolute Gasteiger partial charge is 0.396 e. The number of hydrogen-bond acceptors (Lipinski definition) is 3. The Hall–Kier alpha value is -0.120. The highest BCUT2D eigenvalue weighted by Gasteiger charge is 2.32. The molecule has 0 aliphatic carbocycles. The van der Waals surface area contributed by atoms with Crippen molar-refractivity contribution in [1.29, 1.82) is 0 Å². The SMILES string of the molecule is OCCCCN1CCCC1C1CCCN1. The highest BCUT2D eigenvalue weighted by molar-refractivity contribution is 4.91. The molecule has 0 amide bonds. The zero-order valence-electron chi connectivity index (χ0n) is 9.62. The van der Waals surface area contributed by atoms with Gasteiger partial charge in [0.1, 0.15) is 0 Å². The van der Waals surface area contributed by atoms with E-state index in [1.165, 1.54) is 45.3 Å². The van der Waals surface area contributed by atoms with Crippen molar-refractivity contribution in [2.45, 2.75) is 50.6 Å². The van der Waals surface area contributed by atoms with Crippen LogP contribution >= 0.6 is 0 Å². The second-order valence-corrected chi connectivity index (χ2v) is 4.88. The number of unbranched alkanes of at least 4 members (excludes halogenated alkanes) is 1. The molecular weight excluding hydrogens is 188 g/mol. The number of aliphatic hydroxyl groups excluding tert-OH is 1. The van der Waals surface area contributed by atoms with E-state index >= 15 is 0 Å². The highest BCUT2D eigenvalue weighted by atomic mass is 16.2. The summed E-state index contributed by atoms with van der Waals surface area (Å²) in [6, 6.07) is 1.54. The number of aliphatic hydroxyl groups is 1. The van der Waals surface area contributed by atoms with E-state index in [0.29, 0.717) is 6.61 Å². The maximum atomic E-state index is 8.79. The van der Waals surface area contributed by atoms with Crippen molar-refractivity contribution in [3.8, 4) is 0 Å². The van der Waals surface area contributed by atoms with E-state index in [4.69, 9.17) is 5.11 Å². The van der Waals surface area contributed by atoms with E-state index in [0.717, 1.165) is 24.9 Å². The Morgan fingerprint density at radius 3 is 2.87 bits per heavy atom. The first-order valence-electron chi connectivity index (χ1n) is 6.50. The summed E-state index contributed by atoms with van der Waals surface area (Å²) >= 11 is 0. The van der Waals surface area contributed by atoms with Gasteiger partial charge in [0.15, 0.2) is 0 Å². The molecule has 2 fully saturated rings. The van der Waals surface area contributed by atoms with Crippen molar-refractivity contribution in [1.82, 2.24) is 10.2 Å². The molecule has 2 heterocycles. The molecule has 3 heteroatoms. The summed E-state index contributed by atoms with van der Waals surface area (Å²) in [6.45, 7) is 4.02. The Labute approximate surface area is 92.8 Å². The van der Waals surface area contributed by atoms with Crippen molar-refractivity contribution in [2.24, 2.45) is 0 Å². The summed E-state index contributed by atoms with van der Waals surface area (Å²) in [5, 5.41) is 12.4. The third kappa shape index (κ3) is 2.92. The van der Waals surface area contributed by atoms with E-state index in [1.807, 2.05) is 0 Å². The lowest BCUT2D eigenvalue weighted by Gasteiger charge is -2.29. The van der Waals surface area contributed by atoms with Gasteiger partial charge in [-0.25, -0.2) is 0 Å². The lowest BCUT2D eigenvalue weighted by Crippen LogP contribution is -2.44. The third-order valence-corrected chi connectivity index (χ3v) is 3.83. The fourth-order valence-electron chi connectivity index (χ4n) is 3.05. The molecule has 0 saturated carbocycles. The Morgan fingerprint density at radius 2 is 2.13 bits per heavy atom. The van der Waals surface area contributed by atoms with Gasteiger partial charge in [0.2, 0.25) is 0 Å². The maximum Gasteiger partial charge on any atom is 0.0431 e. The van der Waals surface area contributed by atoms with Crippen molar-refractivity contribution in [2.75, 3.05) is 26.2 Å². The predicted molar refractivity (Wildman–Crippen MR) is 61.9 cm³/mol. The second-order valence-electron chi connectivity index (χ2n) is 4.88. The second kappa shape index (κ2) is 5.83. The van der Waals surface area contributed by atoms with Gasteiger partial charge >= 0.3 is 0 Å². The van der Waals surface area contributed by atoms with E-state index in [-0.39, 0.29) is 0 Å². The molecule has 2 N–H and O–H groups in total. The first-order chi connectivity index (χ1) is 7.42. The fraction of sp³-hybridized carbons (Fsp3) is 1.00. The van der Waals surface area contributed by atoms with Crippen LogP contribution in [0.1, 0.15) is 38.5 Å². The van der Waals surface area contributed by atoms with Gasteiger partial charge in [-0.15, -0.1) is 0 Å². The van der Waals surface area contributed by atoms with Crippen LogP contribution in [-0.2, 0) is 0 Å². The summed E-state index contributed by atoms with van der Waals surface area (Å²) in [4.78, 5) is 2.64. The van der Waals surface area contributed by atoms with Crippen LogP contribution in [-0.4, -0.2) is 48.3 Å². The molecule has 2 unspecified atom stereocenters. The lowest BCUT2D eigenvalue weighted by molar-refractivity contribution is 0.201. The molecule has 2 aliphatic heterocycles. The molecule has 0 spiro atoms. The number of rotatable bonds is 5. The number of likely N-dealkylation sites (tertiary alicyclic amines) is 1. The molecule has 2 aliphatic rings. The Balaban J connectivity index is 1.76.